The Balaban J connectivity index is 1.78. The summed E-state index contributed by atoms with van der Waals surface area (Å²) in [5.74, 6) is 0.221. The average Bonchev–Trinajstić information content (AvgIpc) is 2.55. The molecule has 0 amide bonds. The van der Waals surface area contributed by atoms with Gasteiger partial charge in [0.15, 0.2) is 0 Å². The Hall–Kier alpha value is -2.68. The van der Waals surface area contributed by atoms with Crippen LogP contribution < -0.4 is 10.2 Å². The van der Waals surface area contributed by atoms with Crippen LogP contribution in [0.15, 0.2) is 36.7 Å². The van der Waals surface area contributed by atoms with Crippen molar-refractivity contribution in [3.05, 3.63) is 48.0 Å². The van der Waals surface area contributed by atoms with Crippen LogP contribution in [-0.2, 0) is 0 Å². The van der Waals surface area contributed by atoms with Gasteiger partial charge in [-0.3, -0.25) is 0 Å². The summed E-state index contributed by atoms with van der Waals surface area (Å²) in [6.45, 7) is 1.36. The number of nitriles is 1. The smallest absolute Gasteiger partial charge is 0.222 e. The van der Waals surface area contributed by atoms with Gasteiger partial charge in [-0.15, -0.1) is 0 Å². The molecule has 2 heterocycles. The van der Waals surface area contributed by atoms with Gasteiger partial charge in [0, 0.05) is 31.5 Å². The van der Waals surface area contributed by atoms with Crippen molar-refractivity contribution in [2.45, 2.75) is 18.9 Å². The lowest BCUT2D eigenvalue weighted by molar-refractivity contribution is 0.516. The van der Waals surface area contributed by atoms with Crippen molar-refractivity contribution in [2.75, 3.05) is 23.3 Å². The molecule has 0 bridgehead atoms. The number of halogens is 1. The van der Waals surface area contributed by atoms with Crippen molar-refractivity contribution in [3.8, 4) is 6.07 Å². The van der Waals surface area contributed by atoms with Gasteiger partial charge in [-0.1, -0.05) is 6.07 Å². The number of benzene rings is 1. The molecule has 1 saturated heterocycles. The van der Waals surface area contributed by atoms with Gasteiger partial charge in [-0.05, 0) is 31.0 Å². The predicted octanol–water partition coefficient (Wildman–Crippen LogP) is 2.57. The molecule has 1 aliphatic heterocycles. The lowest BCUT2D eigenvalue weighted by Gasteiger charge is -2.35. The van der Waals surface area contributed by atoms with E-state index in [2.05, 4.69) is 21.4 Å². The first-order valence-corrected chi connectivity index (χ1v) is 7.25. The first kappa shape index (κ1) is 14.3. The number of hydrogen-bond acceptors (Lipinski definition) is 5. The highest BCUT2D eigenvalue weighted by atomic mass is 19.1. The number of piperidine rings is 1. The minimum absolute atomic E-state index is 0.127. The maximum atomic E-state index is 14.1. The standard InChI is InChI=1S/C16H16FN5/c17-14-6-1-4-12(10-18)15(14)22-9-2-5-13(11-22)21-16-19-7-3-8-20-16/h1,3-4,6-8,13H,2,5,9,11H2,(H,19,20,21). The van der Waals surface area contributed by atoms with E-state index in [1.54, 1.807) is 30.6 Å². The molecule has 112 valence electrons. The first-order chi connectivity index (χ1) is 10.8. The van der Waals surface area contributed by atoms with Crippen molar-refractivity contribution < 1.29 is 4.39 Å². The van der Waals surface area contributed by atoms with Crippen molar-refractivity contribution in [2.24, 2.45) is 0 Å². The number of nitrogens with one attached hydrogen (secondary N) is 1. The second-order valence-electron chi connectivity index (χ2n) is 5.25. The Morgan fingerprint density at radius 1 is 1.27 bits per heavy atom. The van der Waals surface area contributed by atoms with Gasteiger partial charge in [-0.25, -0.2) is 14.4 Å². The van der Waals surface area contributed by atoms with Gasteiger partial charge >= 0.3 is 0 Å². The molecule has 0 saturated carbocycles. The van der Waals surface area contributed by atoms with E-state index in [4.69, 9.17) is 0 Å². The van der Waals surface area contributed by atoms with E-state index < -0.39 is 0 Å². The van der Waals surface area contributed by atoms with E-state index in [1.807, 2.05) is 4.90 Å². The number of aromatic nitrogens is 2. The second-order valence-corrected chi connectivity index (χ2v) is 5.25. The van der Waals surface area contributed by atoms with Gasteiger partial charge in [0.05, 0.1) is 11.3 Å². The van der Waals surface area contributed by atoms with E-state index in [0.717, 1.165) is 19.4 Å². The molecule has 1 aromatic carbocycles. The lowest BCUT2D eigenvalue weighted by Crippen LogP contribution is -2.43. The SMILES string of the molecule is N#Cc1cccc(F)c1N1CCCC(Nc2ncccn2)C1. The zero-order chi connectivity index (χ0) is 15.4. The number of para-hydroxylation sites is 1. The van der Waals surface area contributed by atoms with Crippen LogP contribution >= 0.6 is 0 Å². The highest BCUT2D eigenvalue weighted by Gasteiger charge is 2.24. The van der Waals surface area contributed by atoms with E-state index in [9.17, 15) is 9.65 Å². The molecule has 0 aliphatic carbocycles. The van der Waals surface area contributed by atoms with Crippen LogP contribution in [0.4, 0.5) is 16.0 Å². The molecule has 0 radical (unpaired) electrons. The van der Waals surface area contributed by atoms with Crippen LogP contribution in [0.5, 0.6) is 0 Å². The molecule has 2 aromatic rings. The second kappa shape index (κ2) is 6.39. The molecule has 5 nitrogen and oxygen atoms in total. The molecule has 1 aromatic heterocycles. The quantitative estimate of drug-likeness (QED) is 0.943. The van der Waals surface area contributed by atoms with E-state index in [1.165, 1.54) is 6.07 Å². The Morgan fingerprint density at radius 2 is 2.09 bits per heavy atom. The fourth-order valence-corrected chi connectivity index (χ4v) is 2.78. The third kappa shape index (κ3) is 2.98. The van der Waals surface area contributed by atoms with Crippen molar-refractivity contribution >= 4 is 11.6 Å². The third-order valence-corrected chi connectivity index (χ3v) is 3.74. The molecule has 6 heteroatoms. The maximum absolute atomic E-state index is 14.1. The van der Waals surface area contributed by atoms with E-state index >= 15 is 0 Å². The summed E-state index contributed by atoms with van der Waals surface area (Å²) >= 11 is 0. The molecule has 1 atom stereocenters. The monoisotopic (exact) mass is 297 g/mol. The maximum Gasteiger partial charge on any atom is 0.222 e. The Bertz CT molecular complexity index is 683. The van der Waals surface area contributed by atoms with Crippen LogP contribution in [0.25, 0.3) is 0 Å². The molecule has 1 aliphatic rings. The fraction of sp³-hybridized carbons (Fsp3) is 0.312. The number of rotatable bonds is 3. The topological polar surface area (TPSA) is 64.8 Å². The van der Waals surface area contributed by atoms with E-state index in [0.29, 0.717) is 23.7 Å². The zero-order valence-electron chi connectivity index (χ0n) is 12.0. The predicted molar refractivity (Wildman–Crippen MR) is 82.0 cm³/mol. The largest absolute Gasteiger partial charge is 0.366 e. The summed E-state index contributed by atoms with van der Waals surface area (Å²) in [6, 6.07) is 8.57. The van der Waals surface area contributed by atoms with E-state index in [-0.39, 0.29) is 11.9 Å². The summed E-state index contributed by atoms with van der Waals surface area (Å²) < 4.78 is 14.1. The molecule has 3 rings (SSSR count). The Kier molecular flexibility index (Phi) is 4.15. The summed E-state index contributed by atoms with van der Waals surface area (Å²) in [7, 11) is 0. The van der Waals surface area contributed by atoms with Crippen molar-refractivity contribution in [1.82, 2.24) is 9.97 Å². The van der Waals surface area contributed by atoms with Gasteiger partial charge in [0.25, 0.3) is 0 Å². The Morgan fingerprint density at radius 3 is 2.86 bits per heavy atom. The number of anilines is 2. The minimum atomic E-state index is -0.351. The Labute approximate surface area is 128 Å². The van der Waals surface area contributed by atoms with Gasteiger partial charge in [0.1, 0.15) is 11.9 Å². The summed E-state index contributed by atoms with van der Waals surface area (Å²) in [5.41, 5.74) is 0.766. The van der Waals surface area contributed by atoms with Crippen LogP contribution in [0.1, 0.15) is 18.4 Å². The molecular formula is C16H16FN5. The van der Waals surface area contributed by atoms with Gasteiger partial charge < -0.3 is 10.2 Å². The van der Waals surface area contributed by atoms with Gasteiger partial charge in [0.2, 0.25) is 5.95 Å². The molecule has 1 unspecified atom stereocenters. The minimum Gasteiger partial charge on any atom is -0.366 e. The summed E-state index contributed by atoms with van der Waals surface area (Å²) in [4.78, 5) is 10.2. The number of nitrogens with zero attached hydrogens (tertiary/aromatic N) is 4. The number of hydrogen-bond donors (Lipinski definition) is 1. The van der Waals surface area contributed by atoms with Crippen LogP contribution in [0, 0.1) is 17.1 Å². The first-order valence-electron chi connectivity index (χ1n) is 7.25. The molecule has 0 spiro atoms. The molecule has 1 fully saturated rings. The lowest BCUT2D eigenvalue weighted by atomic mass is 10.0. The third-order valence-electron chi connectivity index (χ3n) is 3.74. The van der Waals surface area contributed by atoms with Crippen molar-refractivity contribution in [3.63, 3.8) is 0 Å². The van der Waals surface area contributed by atoms with Gasteiger partial charge in [-0.2, -0.15) is 5.26 Å². The van der Waals surface area contributed by atoms with Crippen molar-refractivity contribution in [1.29, 1.82) is 5.26 Å². The molecule has 22 heavy (non-hydrogen) atoms. The highest BCUT2D eigenvalue weighted by Crippen LogP contribution is 2.27. The van der Waals surface area contributed by atoms with Crippen LogP contribution in [-0.4, -0.2) is 29.1 Å². The summed E-state index contributed by atoms with van der Waals surface area (Å²) in [5, 5.41) is 12.5. The fourth-order valence-electron chi connectivity index (χ4n) is 2.78. The van der Waals surface area contributed by atoms with Crippen LogP contribution in [0.2, 0.25) is 0 Å². The zero-order valence-corrected chi connectivity index (χ0v) is 12.0. The molecule has 1 N–H and O–H groups in total. The summed E-state index contributed by atoms with van der Waals surface area (Å²) in [6.07, 6.45) is 5.25. The average molecular weight is 297 g/mol. The highest BCUT2D eigenvalue weighted by molar-refractivity contribution is 5.60. The normalized spacial score (nSPS) is 17.8. The molecular weight excluding hydrogens is 281 g/mol. The van der Waals surface area contributed by atoms with Crippen LogP contribution in [0.3, 0.4) is 0 Å².